The summed E-state index contributed by atoms with van der Waals surface area (Å²) in [5, 5.41) is 33.5. The number of benzene rings is 6. The lowest BCUT2D eigenvalue weighted by Crippen LogP contribution is -2.19. The molecule has 0 aliphatic carbocycles. The average Bonchev–Trinajstić information content (AvgIpc) is 3.88. The van der Waals surface area contributed by atoms with E-state index in [0.29, 0.717) is 6.42 Å². The van der Waals surface area contributed by atoms with Crippen molar-refractivity contribution in [2.24, 2.45) is 20.5 Å². The van der Waals surface area contributed by atoms with E-state index in [4.69, 9.17) is 20.5 Å². The fourth-order valence-corrected chi connectivity index (χ4v) is 8.19. The molecule has 2 aliphatic rings. The molecule has 2 atom stereocenters. The van der Waals surface area contributed by atoms with Crippen LogP contribution in [0.5, 0.6) is 0 Å². The van der Waals surface area contributed by atoms with E-state index >= 15 is 0 Å². The van der Waals surface area contributed by atoms with E-state index in [9.17, 15) is 21.9 Å². The molecule has 2 aliphatic heterocycles. The molecular formula is C44H41BrN6O5S2. The standard InChI is InChI=1S/C22H20BrN3O3S.C22H21N3O2S/c23-18-6-4-16(5-7-18)22-13-21(17-3-1-2-15(12-17)14-27)25-26(22)19-8-10-20(11-9-19)30(24,28)29;1-16-7-9-18(10-8-16)22-15-21(17-5-3-2-4-6-17)24-25(22)19-11-13-20(14-12-19)28(23,26)27/h1-12,22,27H,13-14H2,(H2,24,28,29);2-14,22H,15H2,1H3,(H2,23,26,27). The number of primary sulfonamides is 2. The molecule has 11 nitrogen and oxygen atoms in total. The number of hydrogen-bond acceptors (Lipinski definition) is 9. The number of nitrogens with two attached hydrogens (primary N) is 2. The first-order valence-corrected chi connectivity index (χ1v) is 22.2. The second-order valence-corrected chi connectivity index (χ2v) is 18.0. The van der Waals surface area contributed by atoms with Gasteiger partial charge in [0.25, 0.3) is 0 Å². The van der Waals surface area contributed by atoms with Gasteiger partial charge < -0.3 is 5.11 Å². The zero-order valence-electron chi connectivity index (χ0n) is 31.4. The number of aryl methyl sites for hydroxylation is 1. The number of hydrogen-bond donors (Lipinski definition) is 3. The largest absolute Gasteiger partial charge is 0.392 e. The first-order chi connectivity index (χ1) is 27.8. The van der Waals surface area contributed by atoms with Gasteiger partial charge in [0.05, 0.1) is 51.3 Å². The molecule has 2 heterocycles. The highest BCUT2D eigenvalue weighted by Gasteiger charge is 2.31. The predicted octanol–water partition coefficient (Wildman–Crippen LogP) is 7.94. The fraction of sp³-hybridized carbons (Fsp3) is 0.136. The van der Waals surface area contributed by atoms with Gasteiger partial charge in [-0.3, -0.25) is 10.0 Å². The van der Waals surface area contributed by atoms with Crippen LogP contribution >= 0.6 is 15.9 Å². The molecule has 8 rings (SSSR count). The number of aliphatic hydroxyl groups excluding tert-OH is 1. The molecule has 0 aromatic heterocycles. The Morgan fingerprint density at radius 2 is 1.05 bits per heavy atom. The monoisotopic (exact) mass is 876 g/mol. The van der Waals surface area contributed by atoms with E-state index in [1.807, 2.05) is 76.7 Å². The summed E-state index contributed by atoms with van der Waals surface area (Å²) in [6, 6.07) is 47.2. The zero-order chi connectivity index (χ0) is 41.0. The maximum Gasteiger partial charge on any atom is 0.238 e. The van der Waals surface area contributed by atoms with Gasteiger partial charge in [0.1, 0.15) is 0 Å². The number of nitrogens with zero attached hydrogens (tertiary/aromatic N) is 4. The smallest absolute Gasteiger partial charge is 0.238 e. The summed E-state index contributed by atoms with van der Waals surface area (Å²) in [5.41, 5.74) is 9.81. The lowest BCUT2D eigenvalue weighted by atomic mass is 9.97. The van der Waals surface area contributed by atoms with Crippen molar-refractivity contribution in [3.63, 3.8) is 0 Å². The van der Waals surface area contributed by atoms with Crippen LogP contribution in [0.2, 0.25) is 0 Å². The van der Waals surface area contributed by atoms with Gasteiger partial charge in [-0.1, -0.05) is 106 Å². The minimum absolute atomic E-state index is 0.0317. The van der Waals surface area contributed by atoms with Gasteiger partial charge in [-0.05, 0) is 101 Å². The van der Waals surface area contributed by atoms with Crippen molar-refractivity contribution in [2.45, 2.75) is 48.2 Å². The Kier molecular flexibility index (Phi) is 12.0. The van der Waals surface area contributed by atoms with Crippen molar-refractivity contribution in [3.05, 3.63) is 190 Å². The highest BCUT2D eigenvalue weighted by molar-refractivity contribution is 9.10. The topological polar surface area (TPSA) is 172 Å². The second kappa shape index (κ2) is 17.2. The van der Waals surface area contributed by atoms with Crippen LogP contribution in [0.1, 0.15) is 58.3 Å². The van der Waals surface area contributed by atoms with E-state index in [1.165, 1.54) is 29.8 Å². The molecule has 0 spiro atoms. The van der Waals surface area contributed by atoms with Crippen LogP contribution in [-0.2, 0) is 26.7 Å². The number of aliphatic hydroxyl groups is 1. The molecule has 0 fully saturated rings. The Morgan fingerprint density at radius 1 is 0.603 bits per heavy atom. The Balaban J connectivity index is 0.000000177. The van der Waals surface area contributed by atoms with Crippen molar-refractivity contribution < 1.29 is 21.9 Å². The molecule has 58 heavy (non-hydrogen) atoms. The van der Waals surface area contributed by atoms with E-state index < -0.39 is 20.0 Å². The summed E-state index contributed by atoms with van der Waals surface area (Å²) >= 11 is 3.47. The first-order valence-electron chi connectivity index (χ1n) is 18.3. The molecular weight excluding hydrogens is 837 g/mol. The molecule has 0 amide bonds. The Hall–Kier alpha value is -5.48. The Morgan fingerprint density at radius 3 is 1.52 bits per heavy atom. The van der Waals surface area contributed by atoms with Crippen LogP contribution in [0.15, 0.2) is 176 Å². The number of rotatable bonds is 9. The first kappa shape index (κ1) is 40.7. The predicted molar refractivity (Wildman–Crippen MR) is 233 cm³/mol. The van der Waals surface area contributed by atoms with Gasteiger partial charge >= 0.3 is 0 Å². The van der Waals surface area contributed by atoms with Crippen molar-refractivity contribution in [1.82, 2.24) is 0 Å². The number of halogens is 1. The molecule has 0 saturated heterocycles. The molecule has 296 valence electrons. The van der Waals surface area contributed by atoms with Crippen molar-refractivity contribution in [1.29, 1.82) is 0 Å². The van der Waals surface area contributed by atoms with E-state index in [2.05, 4.69) is 59.3 Å². The maximum atomic E-state index is 11.6. The average molecular weight is 878 g/mol. The maximum absolute atomic E-state index is 11.6. The normalized spacial score (nSPS) is 16.7. The molecule has 6 aromatic carbocycles. The fourth-order valence-electron chi connectivity index (χ4n) is 6.90. The van der Waals surface area contributed by atoms with Gasteiger partial charge in [-0.15, -0.1) is 0 Å². The number of hydrazone groups is 2. The van der Waals surface area contributed by atoms with Crippen molar-refractivity contribution in [3.8, 4) is 0 Å². The van der Waals surface area contributed by atoms with Gasteiger partial charge in [0.15, 0.2) is 0 Å². The van der Waals surface area contributed by atoms with Crippen molar-refractivity contribution in [2.75, 3.05) is 10.0 Å². The molecule has 0 bridgehead atoms. The Bertz CT molecular complexity index is 2680. The highest BCUT2D eigenvalue weighted by atomic mass is 79.9. The molecule has 0 saturated carbocycles. The molecule has 0 radical (unpaired) electrons. The molecule has 2 unspecified atom stereocenters. The van der Waals surface area contributed by atoms with Gasteiger partial charge in [-0.2, -0.15) is 10.2 Å². The van der Waals surface area contributed by atoms with Crippen LogP contribution in [0.25, 0.3) is 0 Å². The second-order valence-electron chi connectivity index (χ2n) is 14.0. The summed E-state index contributed by atoms with van der Waals surface area (Å²) in [6.07, 6.45) is 1.44. The van der Waals surface area contributed by atoms with Gasteiger partial charge in [0.2, 0.25) is 20.0 Å². The molecule has 6 aromatic rings. The third-order valence-corrected chi connectivity index (χ3v) is 12.3. The lowest BCUT2D eigenvalue weighted by Gasteiger charge is -2.24. The van der Waals surface area contributed by atoms with Gasteiger partial charge in [-0.25, -0.2) is 27.1 Å². The van der Waals surface area contributed by atoms with E-state index in [0.717, 1.165) is 61.5 Å². The van der Waals surface area contributed by atoms with Crippen LogP contribution in [0, 0.1) is 6.92 Å². The zero-order valence-corrected chi connectivity index (χ0v) is 34.6. The van der Waals surface area contributed by atoms with Crippen LogP contribution in [0.4, 0.5) is 11.4 Å². The third kappa shape index (κ3) is 9.45. The minimum atomic E-state index is -3.76. The summed E-state index contributed by atoms with van der Waals surface area (Å²) in [4.78, 5) is 0.153. The van der Waals surface area contributed by atoms with Crippen LogP contribution in [-0.4, -0.2) is 33.4 Å². The van der Waals surface area contributed by atoms with E-state index in [-0.39, 0.29) is 28.5 Å². The lowest BCUT2D eigenvalue weighted by molar-refractivity contribution is 0.282. The Labute approximate surface area is 347 Å². The summed E-state index contributed by atoms with van der Waals surface area (Å²) in [7, 11) is -7.48. The van der Waals surface area contributed by atoms with Crippen LogP contribution < -0.4 is 20.3 Å². The summed E-state index contributed by atoms with van der Waals surface area (Å²) in [5.74, 6) is 0. The molecule has 5 N–H and O–H groups in total. The highest BCUT2D eigenvalue weighted by Crippen LogP contribution is 2.39. The minimum Gasteiger partial charge on any atom is -0.392 e. The summed E-state index contributed by atoms with van der Waals surface area (Å²) < 4.78 is 47.3. The number of sulfonamides is 2. The number of anilines is 2. The van der Waals surface area contributed by atoms with Crippen molar-refractivity contribution >= 4 is 58.8 Å². The SMILES string of the molecule is Cc1ccc(C2CC(c3ccccc3)=NN2c2ccc(S(N)(=O)=O)cc2)cc1.NS(=O)(=O)c1ccc(N2N=C(c3cccc(CO)c3)CC2c2ccc(Br)cc2)cc1. The summed E-state index contributed by atoms with van der Waals surface area (Å²) in [6.45, 7) is 2.03. The van der Waals surface area contributed by atoms with Gasteiger partial charge in [0, 0.05) is 17.3 Å². The third-order valence-electron chi connectivity index (χ3n) is 9.95. The quantitative estimate of drug-likeness (QED) is 0.132. The van der Waals surface area contributed by atoms with E-state index in [1.54, 1.807) is 24.3 Å². The molecule has 14 heteroatoms. The van der Waals surface area contributed by atoms with Crippen LogP contribution in [0.3, 0.4) is 0 Å².